The molecule has 4 aliphatic rings. The Morgan fingerprint density at radius 1 is 1.19 bits per heavy atom. The second kappa shape index (κ2) is 5.34. The lowest BCUT2D eigenvalue weighted by Crippen LogP contribution is -2.60. The number of ether oxygens (including phenoxy) is 1. The topological polar surface area (TPSA) is 58.6 Å². The van der Waals surface area contributed by atoms with Crippen molar-refractivity contribution in [2.45, 2.75) is 24.2 Å². The van der Waals surface area contributed by atoms with Crippen LogP contribution in [0.4, 0.5) is 0 Å². The Kier molecular flexibility index (Phi) is 3.26. The van der Waals surface area contributed by atoms with Crippen molar-refractivity contribution in [3.05, 3.63) is 65.2 Å². The number of nitrogens with one attached hydrogen (secondary N) is 1. The van der Waals surface area contributed by atoms with Gasteiger partial charge >= 0.3 is 5.97 Å². The molecule has 4 unspecified atom stereocenters. The van der Waals surface area contributed by atoms with Gasteiger partial charge in [0.05, 0.1) is 12.5 Å². The van der Waals surface area contributed by atoms with E-state index < -0.39 is 11.4 Å². The van der Waals surface area contributed by atoms with Crippen LogP contribution in [0.25, 0.3) is 0 Å². The Balaban J connectivity index is 1.80. The molecule has 6 rings (SSSR count). The summed E-state index contributed by atoms with van der Waals surface area (Å²) in [5.74, 6) is 0.340. The van der Waals surface area contributed by atoms with Crippen molar-refractivity contribution >= 4 is 5.97 Å². The largest absolute Gasteiger partial charge is 0.497 e. The van der Waals surface area contributed by atoms with E-state index in [1.165, 1.54) is 16.7 Å². The lowest BCUT2D eigenvalue weighted by Gasteiger charge is -2.59. The smallest absolute Gasteiger partial charge is 0.311 e. The third-order valence-electron chi connectivity index (χ3n) is 7.25. The van der Waals surface area contributed by atoms with Gasteiger partial charge < -0.3 is 15.2 Å². The number of aliphatic carboxylic acids is 1. The Hall–Kier alpha value is -2.33. The maximum absolute atomic E-state index is 12.6. The summed E-state index contributed by atoms with van der Waals surface area (Å²) in [5.41, 5.74) is 2.80. The third kappa shape index (κ3) is 1.71. The molecule has 0 aromatic heterocycles. The molecule has 2 aromatic carbocycles. The Bertz CT molecular complexity index is 877. The molecule has 134 valence electrons. The first-order chi connectivity index (χ1) is 12.6. The monoisotopic (exact) mass is 349 g/mol. The minimum absolute atomic E-state index is 0.0644. The molecule has 2 N–H and O–H groups in total. The van der Waals surface area contributed by atoms with Gasteiger partial charge in [-0.1, -0.05) is 36.4 Å². The number of carbonyl (C=O) groups is 1. The summed E-state index contributed by atoms with van der Waals surface area (Å²) in [4.78, 5) is 12.6. The molecule has 2 bridgehead atoms. The Labute approximate surface area is 153 Å². The van der Waals surface area contributed by atoms with Crippen molar-refractivity contribution in [1.29, 1.82) is 0 Å². The number of hydrogen-bond donors (Lipinski definition) is 2. The van der Waals surface area contributed by atoms with Gasteiger partial charge in [-0.25, -0.2) is 0 Å². The van der Waals surface area contributed by atoms with E-state index in [4.69, 9.17) is 4.74 Å². The molecule has 0 spiro atoms. The fraction of sp³-hybridized carbons (Fsp3) is 0.409. The predicted octanol–water partition coefficient (Wildman–Crippen LogP) is 3.16. The van der Waals surface area contributed by atoms with Crippen molar-refractivity contribution in [1.82, 2.24) is 5.32 Å². The molecule has 26 heavy (non-hydrogen) atoms. The summed E-state index contributed by atoms with van der Waals surface area (Å²) < 4.78 is 5.34. The maximum atomic E-state index is 12.6. The van der Waals surface area contributed by atoms with E-state index >= 15 is 0 Å². The fourth-order valence-corrected chi connectivity index (χ4v) is 6.24. The summed E-state index contributed by atoms with van der Waals surface area (Å²) >= 11 is 0. The van der Waals surface area contributed by atoms with E-state index in [-0.39, 0.29) is 17.3 Å². The van der Waals surface area contributed by atoms with Crippen molar-refractivity contribution < 1.29 is 14.6 Å². The number of carboxylic acid groups (broad SMARTS) is 1. The van der Waals surface area contributed by atoms with Gasteiger partial charge in [0.15, 0.2) is 0 Å². The molecule has 0 radical (unpaired) electrons. The van der Waals surface area contributed by atoms with Crippen LogP contribution in [0.2, 0.25) is 0 Å². The van der Waals surface area contributed by atoms with Gasteiger partial charge in [-0.05, 0) is 41.7 Å². The van der Waals surface area contributed by atoms with Gasteiger partial charge in [0.1, 0.15) is 5.75 Å². The number of carboxylic acids is 1. The van der Waals surface area contributed by atoms with Gasteiger partial charge in [0.2, 0.25) is 0 Å². The summed E-state index contributed by atoms with van der Waals surface area (Å²) in [6.45, 7) is 1.31. The Morgan fingerprint density at radius 3 is 2.69 bits per heavy atom. The van der Waals surface area contributed by atoms with E-state index in [1.54, 1.807) is 7.11 Å². The van der Waals surface area contributed by atoms with Crippen molar-refractivity contribution in [2.75, 3.05) is 20.2 Å². The highest BCUT2D eigenvalue weighted by molar-refractivity contribution is 5.80. The van der Waals surface area contributed by atoms with Crippen LogP contribution in [0.3, 0.4) is 0 Å². The molecule has 4 atom stereocenters. The first kappa shape index (κ1) is 15.9. The average molecular weight is 349 g/mol. The van der Waals surface area contributed by atoms with E-state index in [0.717, 1.165) is 25.1 Å². The second-order valence-corrected chi connectivity index (χ2v) is 7.91. The standard InChI is InChI=1S/C22H23NO3/c1-26-15-8-6-14(7-9-15)21-11-10-18(16-4-2-3-5-17(16)21)22(20(24)25)13-23-12-19(21)22/h2-9,18-19,23H,10-13H2,1H3,(H,24,25). The van der Waals surface area contributed by atoms with Gasteiger partial charge in [-0.15, -0.1) is 0 Å². The molecule has 1 aliphatic heterocycles. The molecular weight excluding hydrogens is 326 g/mol. The van der Waals surface area contributed by atoms with Gasteiger partial charge in [-0.2, -0.15) is 0 Å². The number of hydrogen-bond acceptors (Lipinski definition) is 3. The van der Waals surface area contributed by atoms with Gasteiger partial charge in [-0.3, -0.25) is 4.79 Å². The van der Waals surface area contributed by atoms with E-state index in [0.29, 0.717) is 6.54 Å². The average Bonchev–Trinajstić information content (AvgIpc) is 3.16. The highest BCUT2D eigenvalue weighted by atomic mass is 16.5. The minimum atomic E-state index is -0.716. The number of rotatable bonds is 3. The third-order valence-corrected chi connectivity index (χ3v) is 7.25. The molecule has 1 heterocycles. The predicted molar refractivity (Wildman–Crippen MR) is 98.6 cm³/mol. The second-order valence-electron chi connectivity index (χ2n) is 7.91. The van der Waals surface area contributed by atoms with Crippen molar-refractivity contribution in [2.24, 2.45) is 11.3 Å². The fourth-order valence-electron chi connectivity index (χ4n) is 6.24. The first-order valence-corrected chi connectivity index (χ1v) is 9.32. The molecule has 3 aliphatic carbocycles. The zero-order valence-corrected chi connectivity index (χ0v) is 14.9. The van der Waals surface area contributed by atoms with Crippen LogP contribution >= 0.6 is 0 Å². The molecule has 0 amide bonds. The Morgan fingerprint density at radius 2 is 1.96 bits per heavy atom. The van der Waals surface area contributed by atoms with Crippen LogP contribution in [0.15, 0.2) is 48.5 Å². The number of fused-ring (bicyclic) bond motifs is 1. The zero-order chi connectivity index (χ0) is 17.9. The molecule has 4 heteroatoms. The van der Waals surface area contributed by atoms with E-state index in [2.05, 4.69) is 35.6 Å². The van der Waals surface area contributed by atoms with Crippen LogP contribution in [-0.4, -0.2) is 31.3 Å². The quantitative estimate of drug-likeness (QED) is 0.894. The highest BCUT2D eigenvalue weighted by Crippen LogP contribution is 2.67. The SMILES string of the molecule is COc1ccc(C23CCC(c4ccccc42)C2(C(=O)O)CNCC32)cc1. The van der Waals surface area contributed by atoms with Gasteiger partial charge in [0, 0.05) is 30.3 Å². The maximum Gasteiger partial charge on any atom is 0.311 e. The highest BCUT2D eigenvalue weighted by Gasteiger charge is 2.68. The normalized spacial score (nSPS) is 34.2. The molecule has 1 saturated carbocycles. The van der Waals surface area contributed by atoms with Crippen LogP contribution in [0, 0.1) is 11.3 Å². The van der Waals surface area contributed by atoms with Crippen LogP contribution < -0.4 is 10.1 Å². The van der Waals surface area contributed by atoms with Crippen LogP contribution in [0.5, 0.6) is 5.75 Å². The van der Waals surface area contributed by atoms with Crippen LogP contribution in [-0.2, 0) is 10.2 Å². The summed E-state index contributed by atoms with van der Waals surface area (Å²) in [6.07, 6.45) is 1.93. The number of methoxy groups -OCH3 is 1. The summed E-state index contributed by atoms with van der Waals surface area (Å²) in [5, 5.41) is 13.8. The molecule has 1 saturated heterocycles. The lowest BCUT2D eigenvalue weighted by atomic mass is 9.42. The summed E-state index contributed by atoms with van der Waals surface area (Å²) in [7, 11) is 1.67. The molecule has 4 nitrogen and oxygen atoms in total. The van der Waals surface area contributed by atoms with E-state index in [9.17, 15) is 9.90 Å². The van der Waals surface area contributed by atoms with Crippen molar-refractivity contribution in [3.63, 3.8) is 0 Å². The van der Waals surface area contributed by atoms with E-state index in [1.807, 2.05) is 18.2 Å². The van der Waals surface area contributed by atoms with Crippen LogP contribution in [0.1, 0.15) is 35.4 Å². The molecular formula is C22H23NO3. The minimum Gasteiger partial charge on any atom is -0.497 e. The number of benzene rings is 2. The molecule has 2 fully saturated rings. The lowest BCUT2D eigenvalue weighted by molar-refractivity contribution is -0.157. The summed E-state index contributed by atoms with van der Waals surface area (Å²) in [6, 6.07) is 16.8. The molecule has 2 aromatic rings. The van der Waals surface area contributed by atoms with Gasteiger partial charge in [0.25, 0.3) is 0 Å². The zero-order valence-electron chi connectivity index (χ0n) is 14.9. The van der Waals surface area contributed by atoms with Crippen molar-refractivity contribution in [3.8, 4) is 5.75 Å². The first-order valence-electron chi connectivity index (χ1n) is 9.32.